The van der Waals surface area contributed by atoms with Crippen LogP contribution in [0, 0.1) is 10.1 Å². The van der Waals surface area contributed by atoms with Crippen LogP contribution >= 0.6 is 11.8 Å². The van der Waals surface area contributed by atoms with E-state index in [0.717, 1.165) is 10.6 Å². The van der Waals surface area contributed by atoms with Crippen LogP contribution in [0.25, 0.3) is 0 Å². The molecule has 116 valence electrons. The fourth-order valence-electron chi connectivity index (χ4n) is 1.95. The summed E-state index contributed by atoms with van der Waals surface area (Å²) in [6, 6.07) is 13.6. The van der Waals surface area contributed by atoms with Crippen molar-refractivity contribution in [2.24, 2.45) is 0 Å². The summed E-state index contributed by atoms with van der Waals surface area (Å²) in [6.45, 7) is 2.10. The van der Waals surface area contributed by atoms with Gasteiger partial charge in [0.05, 0.1) is 4.92 Å². The number of para-hydroxylation sites is 1. The van der Waals surface area contributed by atoms with Crippen molar-refractivity contribution < 1.29 is 14.8 Å². The van der Waals surface area contributed by atoms with Crippen molar-refractivity contribution in [2.45, 2.75) is 17.9 Å². The molecule has 5 nitrogen and oxygen atoms in total. The second-order valence-corrected chi connectivity index (χ2v) is 5.86. The highest BCUT2D eigenvalue weighted by atomic mass is 32.2. The number of aliphatic hydroxyl groups excluding tert-OH is 1. The van der Waals surface area contributed by atoms with E-state index < -0.39 is 11.0 Å². The van der Waals surface area contributed by atoms with Crippen LogP contribution in [0.1, 0.15) is 18.6 Å². The Bertz CT molecular complexity index is 648. The van der Waals surface area contributed by atoms with Crippen LogP contribution < -0.4 is 4.74 Å². The standard InChI is InChI=1S/C16H17NO4S/c1-2-22-16-9-4-3-8-15(16)21-11-14(18)12-6-5-7-13(10-12)17(19)20/h3-10,14,18H,2,11H2,1H3. The third-order valence-corrected chi connectivity index (χ3v) is 3.95. The van der Waals surface area contributed by atoms with Gasteiger partial charge < -0.3 is 9.84 Å². The average molecular weight is 319 g/mol. The minimum absolute atomic E-state index is 0.0431. The van der Waals surface area contributed by atoms with Crippen LogP contribution in [0.5, 0.6) is 5.75 Å². The van der Waals surface area contributed by atoms with E-state index in [1.807, 2.05) is 24.3 Å². The topological polar surface area (TPSA) is 72.6 Å². The number of nitro benzene ring substituents is 1. The van der Waals surface area contributed by atoms with Crippen molar-refractivity contribution in [2.75, 3.05) is 12.4 Å². The molecule has 2 aromatic rings. The van der Waals surface area contributed by atoms with E-state index in [-0.39, 0.29) is 12.3 Å². The van der Waals surface area contributed by atoms with E-state index in [4.69, 9.17) is 4.74 Å². The van der Waals surface area contributed by atoms with Gasteiger partial charge in [-0.2, -0.15) is 0 Å². The van der Waals surface area contributed by atoms with Crippen LogP contribution in [-0.2, 0) is 0 Å². The second-order valence-electron chi connectivity index (χ2n) is 4.56. The highest BCUT2D eigenvalue weighted by molar-refractivity contribution is 7.99. The lowest BCUT2D eigenvalue weighted by Gasteiger charge is -2.14. The van der Waals surface area contributed by atoms with Gasteiger partial charge in [0.15, 0.2) is 0 Å². The molecule has 1 unspecified atom stereocenters. The smallest absolute Gasteiger partial charge is 0.269 e. The van der Waals surface area contributed by atoms with E-state index in [1.165, 1.54) is 12.1 Å². The molecule has 6 heteroatoms. The third-order valence-electron chi connectivity index (χ3n) is 3.01. The zero-order valence-corrected chi connectivity index (χ0v) is 13.0. The predicted molar refractivity (Wildman–Crippen MR) is 86.4 cm³/mol. The lowest BCUT2D eigenvalue weighted by molar-refractivity contribution is -0.385. The molecule has 0 amide bonds. The summed E-state index contributed by atoms with van der Waals surface area (Å²) >= 11 is 1.66. The van der Waals surface area contributed by atoms with Gasteiger partial charge in [-0.15, -0.1) is 11.8 Å². The molecule has 0 radical (unpaired) electrons. The summed E-state index contributed by atoms with van der Waals surface area (Å²) in [5.74, 6) is 1.63. The fraction of sp³-hybridized carbons (Fsp3) is 0.250. The van der Waals surface area contributed by atoms with Gasteiger partial charge in [0.2, 0.25) is 0 Å². The zero-order valence-electron chi connectivity index (χ0n) is 12.1. The maximum absolute atomic E-state index is 10.8. The Labute approximate surface area is 133 Å². The number of aliphatic hydroxyl groups is 1. The number of benzene rings is 2. The molecule has 0 bridgehead atoms. The molecule has 0 aliphatic rings. The van der Waals surface area contributed by atoms with E-state index in [2.05, 4.69) is 6.92 Å². The Morgan fingerprint density at radius 3 is 2.77 bits per heavy atom. The summed E-state index contributed by atoms with van der Waals surface area (Å²) < 4.78 is 5.67. The van der Waals surface area contributed by atoms with Crippen LogP contribution in [0.2, 0.25) is 0 Å². The van der Waals surface area contributed by atoms with Crippen molar-refractivity contribution >= 4 is 17.4 Å². The van der Waals surface area contributed by atoms with Gasteiger partial charge in [-0.05, 0) is 23.4 Å². The average Bonchev–Trinajstić information content (AvgIpc) is 2.54. The van der Waals surface area contributed by atoms with Crippen molar-refractivity contribution in [3.63, 3.8) is 0 Å². The van der Waals surface area contributed by atoms with E-state index >= 15 is 0 Å². The first kappa shape index (κ1) is 16.3. The lowest BCUT2D eigenvalue weighted by atomic mass is 10.1. The fourth-order valence-corrected chi connectivity index (χ4v) is 2.71. The molecule has 2 rings (SSSR count). The van der Waals surface area contributed by atoms with Crippen molar-refractivity contribution in [3.8, 4) is 5.75 Å². The SMILES string of the molecule is CCSc1ccccc1OCC(O)c1cccc([N+](=O)[O-])c1. The Kier molecular flexibility index (Phi) is 5.80. The number of non-ortho nitro benzene ring substituents is 1. The quantitative estimate of drug-likeness (QED) is 0.477. The highest BCUT2D eigenvalue weighted by Crippen LogP contribution is 2.29. The van der Waals surface area contributed by atoms with Gasteiger partial charge >= 0.3 is 0 Å². The molecule has 0 saturated heterocycles. The second kappa shape index (κ2) is 7.82. The van der Waals surface area contributed by atoms with Crippen molar-refractivity contribution in [3.05, 3.63) is 64.2 Å². The minimum Gasteiger partial charge on any atom is -0.489 e. The minimum atomic E-state index is -0.917. The summed E-state index contributed by atoms with van der Waals surface area (Å²) in [5.41, 5.74) is 0.424. The largest absolute Gasteiger partial charge is 0.489 e. The molecule has 0 aromatic heterocycles. The molecular weight excluding hydrogens is 302 g/mol. The summed E-state index contributed by atoms with van der Waals surface area (Å²) in [6.07, 6.45) is -0.917. The molecule has 2 aromatic carbocycles. The van der Waals surface area contributed by atoms with Gasteiger partial charge in [-0.3, -0.25) is 10.1 Å². The van der Waals surface area contributed by atoms with Crippen molar-refractivity contribution in [1.29, 1.82) is 0 Å². The van der Waals surface area contributed by atoms with E-state index in [1.54, 1.807) is 23.9 Å². The number of nitrogens with zero attached hydrogens (tertiary/aromatic N) is 1. The molecule has 22 heavy (non-hydrogen) atoms. The Hall–Kier alpha value is -2.05. The normalized spacial score (nSPS) is 11.9. The maximum Gasteiger partial charge on any atom is 0.269 e. The molecule has 0 fully saturated rings. The van der Waals surface area contributed by atoms with Gasteiger partial charge in [-0.1, -0.05) is 31.2 Å². The number of nitro groups is 1. The zero-order chi connectivity index (χ0) is 15.9. The number of hydrogen-bond donors (Lipinski definition) is 1. The maximum atomic E-state index is 10.8. The summed E-state index contributed by atoms with van der Waals surface area (Å²) in [4.78, 5) is 11.3. The van der Waals surface area contributed by atoms with Gasteiger partial charge in [0.25, 0.3) is 5.69 Å². The molecule has 0 spiro atoms. The number of rotatable bonds is 7. The molecule has 1 atom stereocenters. The molecule has 0 aliphatic carbocycles. The first-order valence-electron chi connectivity index (χ1n) is 6.89. The van der Waals surface area contributed by atoms with Crippen LogP contribution in [-0.4, -0.2) is 22.4 Å². The molecule has 0 saturated carbocycles. The van der Waals surface area contributed by atoms with Gasteiger partial charge in [0.1, 0.15) is 18.5 Å². The first-order chi connectivity index (χ1) is 10.6. The number of thioether (sulfide) groups is 1. The summed E-state index contributed by atoms with van der Waals surface area (Å²) in [7, 11) is 0. The Morgan fingerprint density at radius 1 is 1.27 bits per heavy atom. The molecular formula is C16H17NO4S. The Morgan fingerprint density at radius 2 is 2.05 bits per heavy atom. The number of ether oxygens (including phenoxy) is 1. The van der Waals surface area contributed by atoms with Gasteiger partial charge in [0, 0.05) is 17.0 Å². The monoisotopic (exact) mass is 319 g/mol. The van der Waals surface area contributed by atoms with E-state index in [9.17, 15) is 15.2 Å². The third kappa shape index (κ3) is 4.22. The summed E-state index contributed by atoms with van der Waals surface area (Å²) in [5, 5.41) is 20.9. The molecule has 1 N–H and O–H groups in total. The van der Waals surface area contributed by atoms with Crippen LogP contribution in [0.4, 0.5) is 5.69 Å². The number of hydrogen-bond acceptors (Lipinski definition) is 5. The van der Waals surface area contributed by atoms with Crippen molar-refractivity contribution in [1.82, 2.24) is 0 Å². The van der Waals surface area contributed by atoms with Gasteiger partial charge in [-0.25, -0.2) is 0 Å². The molecule has 0 aliphatic heterocycles. The van der Waals surface area contributed by atoms with Crippen LogP contribution in [0.15, 0.2) is 53.4 Å². The lowest BCUT2D eigenvalue weighted by Crippen LogP contribution is -2.10. The highest BCUT2D eigenvalue weighted by Gasteiger charge is 2.14. The van der Waals surface area contributed by atoms with E-state index in [0.29, 0.717) is 11.3 Å². The molecule has 0 heterocycles. The Balaban J connectivity index is 2.05. The predicted octanol–water partition coefficient (Wildman–Crippen LogP) is 3.82. The van der Waals surface area contributed by atoms with Crippen LogP contribution in [0.3, 0.4) is 0 Å². The first-order valence-corrected chi connectivity index (χ1v) is 7.87.